The first-order chi connectivity index (χ1) is 12.0. The number of benzene rings is 2. The Labute approximate surface area is 144 Å². The Morgan fingerprint density at radius 2 is 1.96 bits per heavy atom. The number of aromatic hydroxyl groups is 2. The molecule has 0 unspecified atom stereocenters. The average molecular weight is 335 g/mol. The molecule has 3 aromatic rings. The molecule has 2 N–H and O–H groups in total. The quantitative estimate of drug-likeness (QED) is 0.702. The molecule has 0 aliphatic carbocycles. The molecule has 1 aliphatic rings. The number of ether oxygens (including phenoxy) is 1. The van der Waals surface area contributed by atoms with Crippen molar-refractivity contribution in [2.45, 2.75) is 19.4 Å². The smallest absolute Gasteiger partial charge is 0.176 e. The lowest BCUT2D eigenvalue weighted by Gasteiger charge is -2.40. The zero-order chi connectivity index (χ0) is 17.8. The monoisotopic (exact) mass is 335 g/mol. The first-order valence-corrected chi connectivity index (χ1v) is 7.98. The number of hydrogen-bond acceptors (Lipinski definition) is 5. The molecule has 0 radical (unpaired) electrons. The highest BCUT2D eigenvalue weighted by molar-refractivity contribution is 5.84. The Hall–Kier alpha value is -3.04. The Kier molecular flexibility index (Phi) is 3.24. The van der Waals surface area contributed by atoms with Gasteiger partial charge in [-0.15, -0.1) is 0 Å². The number of aromatic nitrogens is 2. The van der Waals surface area contributed by atoms with Crippen molar-refractivity contribution in [1.82, 2.24) is 9.55 Å². The van der Waals surface area contributed by atoms with E-state index in [9.17, 15) is 15.5 Å². The maximum Gasteiger partial charge on any atom is 0.176 e. The van der Waals surface area contributed by atoms with E-state index in [0.717, 1.165) is 11.0 Å². The van der Waals surface area contributed by atoms with E-state index in [4.69, 9.17) is 9.72 Å². The number of fused-ring (bicyclic) bond motifs is 1. The van der Waals surface area contributed by atoms with Crippen LogP contribution in [0.25, 0.3) is 22.4 Å². The summed E-state index contributed by atoms with van der Waals surface area (Å²) in [4.78, 5) is 4.72. The van der Waals surface area contributed by atoms with Crippen LogP contribution in [0.2, 0.25) is 0 Å². The van der Waals surface area contributed by atoms with Crippen LogP contribution in [0.5, 0.6) is 11.5 Å². The molecule has 1 fully saturated rings. The van der Waals surface area contributed by atoms with Crippen molar-refractivity contribution in [3.63, 3.8) is 0 Å². The number of nitrogens with zero attached hydrogens (tertiary/aromatic N) is 3. The third-order valence-corrected chi connectivity index (χ3v) is 4.74. The molecule has 0 bridgehead atoms. The molecule has 25 heavy (non-hydrogen) atoms. The van der Waals surface area contributed by atoms with E-state index < -0.39 is 5.75 Å². The number of nitriles is 1. The minimum atomic E-state index is -0.411. The average Bonchev–Trinajstić information content (AvgIpc) is 2.97. The predicted molar refractivity (Wildman–Crippen MR) is 92.4 cm³/mol. The highest BCUT2D eigenvalue weighted by atomic mass is 16.5. The van der Waals surface area contributed by atoms with Crippen LogP contribution in [0.15, 0.2) is 30.3 Å². The van der Waals surface area contributed by atoms with E-state index in [0.29, 0.717) is 30.2 Å². The molecule has 6 heteroatoms. The Morgan fingerprint density at radius 3 is 2.60 bits per heavy atom. The zero-order valence-electron chi connectivity index (χ0n) is 13.9. The lowest BCUT2D eigenvalue weighted by atomic mass is 9.97. The van der Waals surface area contributed by atoms with Gasteiger partial charge >= 0.3 is 0 Å². The fourth-order valence-corrected chi connectivity index (χ4v) is 3.36. The predicted octanol–water partition coefficient (Wildman–Crippen LogP) is 3.04. The van der Waals surface area contributed by atoms with Crippen LogP contribution >= 0.6 is 0 Å². The van der Waals surface area contributed by atoms with Crippen molar-refractivity contribution in [3.8, 4) is 29.0 Å². The van der Waals surface area contributed by atoms with Crippen LogP contribution in [0.1, 0.15) is 18.1 Å². The van der Waals surface area contributed by atoms with Crippen LogP contribution in [0.4, 0.5) is 0 Å². The van der Waals surface area contributed by atoms with Gasteiger partial charge in [0.1, 0.15) is 17.5 Å². The topological polar surface area (TPSA) is 91.3 Å². The first-order valence-electron chi connectivity index (χ1n) is 7.98. The molecule has 0 amide bonds. The van der Waals surface area contributed by atoms with Crippen molar-refractivity contribution in [1.29, 1.82) is 5.26 Å². The maximum absolute atomic E-state index is 10.2. The Morgan fingerprint density at radius 1 is 1.24 bits per heavy atom. The van der Waals surface area contributed by atoms with Gasteiger partial charge in [0.2, 0.25) is 0 Å². The molecule has 6 nitrogen and oxygen atoms in total. The van der Waals surface area contributed by atoms with Gasteiger partial charge in [-0.25, -0.2) is 4.98 Å². The van der Waals surface area contributed by atoms with E-state index in [1.807, 2.05) is 30.3 Å². The molecule has 0 saturated carbocycles. The number of imidazole rings is 1. The number of phenolic OH excluding ortho intramolecular Hbond substituents is 2. The second-order valence-electron chi connectivity index (χ2n) is 6.67. The molecule has 1 saturated heterocycles. The summed E-state index contributed by atoms with van der Waals surface area (Å²) in [6.07, 6.45) is 0. The number of aryl methyl sites for hydroxylation is 1. The van der Waals surface area contributed by atoms with Gasteiger partial charge in [0.25, 0.3) is 0 Å². The number of rotatable bonds is 2. The third kappa shape index (κ3) is 2.10. The molecule has 1 aliphatic heterocycles. The SMILES string of the molecule is Cc1cc(-c2nc3ccccc3n2C2(C)COC2)c(C#N)c(O)c1O. The van der Waals surface area contributed by atoms with E-state index in [1.54, 1.807) is 13.0 Å². The maximum atomic E-state index is 10.2. The van der Waals surface area contributed by atoms with Crippen LogP contribution in [0, 0.1) is 18.3 Å². The van der Waals surface area contributed by atoms with E-state index >= 15 is 0 Å². The summed E-state index contributed by atoms with van der Waals surface area (Å²) in [6, 6.07) is 11.4. The van der Waals surface area contributed by atoms with Gasteiger partial charge in [0.15, 0.2) is 11.5 Å². The Bertz CT molecular complexity index is 1040. The van der Waals surface area contributed by atoms with Gasteiger partial charge in [-0.2, -0.15) is 5.26 Å². The molecule has 0 spiro atoms. The molecule has 2 aromatic carbocycles. The molecule has 1 aromatic heterocycles. The van der Waals surface area contributed by atoms with Gasteiger partial charge in [0, 0.05) is 5.56 Å². The van der Waals surface area contributed by atoms with Gasteiger partial charge in [-0.05, 0) is 37.6 Å². The van der Waals surface area contributed by atoms with E-state index in [1.165, 1.54) is 0 Å². The first kappa shape index (κ1) is 15.5. The van der Waals surface area contributed by atoms with Crippen LogP contribution < -0.4 is 0 Å². The van der Waals surface area contributed by atoms with E-state index in [2.05, 4.69) is 11.5 Å². The molecule has 0 atom stereocenters. The standard InChI is InChI=1S/C19H17N3O3/c1-11-7-12(13(8-20)17(24)16(11)23)18-21-14-5-3-4-6-15(14)22(18)19(2)9-25-10-19/h3-7,23-24H,9-10H2,1-2H3. The molecular weight excluding hydrogens is 318 g/mol. The fraction of sp³-hybridized carbons (Fsp3) is 0.263. The van der Waals surface area contributed by atoms with Crippen molar-refractivity contribution >= 4 is 11.0 Å². The van der Waals surface area contributed by atoms with E-state index in [-0.39, 0.29) is 16.9 Å². The zero-order valence-corrected chi connectivity index (χ0v) is 13.9. The van der Waals surface area contributed by atoms with Crippen molar-refractivity contribution in [3.05, 3.63) is 41.5 Å². The summed E-state index contributed by atoms with van der Waals surface area (Å²) in [5.74, 6) is -0.103. The minimum Gasteiger partial charge on any atom is -0.504 e. The van der Waals surface area contributed by atoms with Crippen LogP contribution in [0.3, 0.4) is 0 Å². The summed E-state index contributed by atoms with van der Waals surface area (Å²) < 4.78 is 7.49. The second-order valence-corrected chi connectivity index (χ2v) is 6.67. The van der Waals surface area contributed by atoms with Crippen LogP contribution in [-0.2, 0) is 10.3 Å². The van der Waals surface area contributed by atoms with Gasteiger partial charge in [-0.1, -0.05) is 12.1 Å². The lowest BCUT2D eigenvalue weighted by molar-refractivity contribution is -0.0868. The molecule has 126 valence electrons. The van der Waals surface area contributed by atoms with Crippen molar-refractivity contribution in [2.75, 3.05) is 13.2 Å². The van der Waals surface area contributed by atoms with Crippen LogP contribution in [-0.4, -0.2) is 33.0 Å². The van der Waals surface area contributed by atoms with Gasteiger partial charge in [-0.3, -0.25) is 0 Å². The summed E-state index contributed by atoms with van der Waals surface area (Å²) in [7, 11) is 0. The second kappa shape index (κ2) is 5.23. The van der Waals surface area contributed by atoms with Gasteiger partial charge in [0.05, 0.1) is 29.8 Å². The van der Waals surface area contributed by atoms with Crippen molar-refractivity contribution < 1.29 is 14.9 Å². The number of phenols is 2. The largest absolute Gasteiger partial charge is 0.504 e. The summed E-state index contributed by atoms with van der Waals surface area (Å²) in [6.45, 7) is 4.85. The summed E-state index contributed by atoms with van der Waals surface area (Å²) in [5, 5.41) is 29.7. The normalized spacial score (nSPS) is 15.7. The van der Waals surface area contributed by atoms with Gasteiger partial charge < -0.3 is 19.5 Å². The Balaban J connectivity index is 2.10. The molecule has 4 rings (SSSR count). The summed E-state index contributed by atoms with van der Waals surface area (Å²) in [5.41, 5.74) is 2.47. The highest BCUT2D eigenvalue weighted by Crippen LogP contribution is 2.42. The molecule has 2 heterocycles. The summed E-state index contributed by atoms with van der Waals surface area (Å²) >= 11 is 0. The lowest BCUT2D eigenvalue weighted by Crippen LogP contribution is -2.49. The number of hydrogen-bond donors (Lipinski definition) is 2. The van der Waals surface area contributed by atoms with Crippen molar-refractivity contribution in [2.24, 2.45) is 0 Å². The molecular formula is C19H17N3O3. The highest BCUT2D eigenvalue weighted by Gasteiger charge is 2.39. The third-order valence-electron chi connectivity index (χ3n) is 4.74. The fourth-order valence-electron chi connectivity index (χ4n) is 3.36. The minimum absolute atomic E-state index is 0.0171. The number of para-hydroxylation sites is 2.